The van der Waals surface area contributed by atoms with Crippen molar-refractivity contribution in [2.24, 2.45) is 0 Å². The Labute approximate surface area is 92.1 Å². The molecule has 82 valence electrons. The summed E-state index contributed by atoms with van der Waals surface area (Å²) in [6, 6.07) is 5.97. The van der Waals surface area contributed by atoms with E-state index in [1.54, 1.807) is 18.3 Å². The van der Waals surface area contributed by atoms with Crippen molar-refractivity contribution < 1.29 is 9.13 Å². The molecular weight excluding hydrogens is 209 g/mol. The number of nitrogens with one attached hydrogen (secondary N) is 1. The zero-order valence-corrected chi connectivity index (χ0v) is 8.64. The van der Waals surface area contributed by atoms with Crippen molar-refractivity contribution in [3.8, 4) is 5.75 Å². The van der Waals surface area contributed by atoms with Gasteiger partial charge in [-0.1, -0.05) is 0 Å². The van der Waals surface area contributed by atoms with Crippen LogP contribution in [0, 0.1) is 5.82 Å². The zero-order valence-electron chi connectivity index (χ0n) is 8.64. The molecule has 1 aromatic heterocycles. The third-order valence-electron chi connectivity index (χ3n) is 2.01. The molecule has 0 aliphatic carbocycles. The van der Waals surface area contributed by atoms with Gasteiger partial charge in [0.1, 0.15) is 23.7 Å². The molecule has 0 saturated carbocycles. The zero-order chi connectivity index (χ0) is 11.4. The second kappa shape index (κ2) is 4.57. The van der Waals surface area contributed by atoms with Crippen LogP contribution in [0.2, 0.25) is 0 Å². The van der Waals surface area contributed by atoms with E-state index in [0.29, 0.717) is 17.3 Å². The summed E-state index contributed by atoms with van der Waals surface area (Å²) in [6.45, 7) is 0. The molecule has 2 rings (SSSR count). The smallest absolute Gasteiger partial charge is 0.145 e. The summed E-state index contributed by atoms with van der Waals surface area (Å²) in [5, 5.41) is 3.01. The van der Waals surface area contributed by atoms with Crippen molar-refractivity contribution in [3.05, 3.63) is 42.6 Å². The SMILES string of the molecule is COc1cc(F)ccc1Nc1ccncn1. The number of halogens is 1. The molecule has 0 spiro atoms. The number of methoxy groups -OCH3 is 1. The van der Waals surface area contributed by atoms with Crippen LogP contribution in [0.4, 0.5) is 15.9 Å². The van der Waals surface area contributed by atoms with Gasteiger partial charge in [-0.2, -0.15) is 0 Å². The Hall–Kier alpha value is -2.17. The molecule has 0 bridgehead atoms. The van der Waals surface area contributed by atoms with Crippen LogP contribution in [0.3, 0.4) is 0 Å². The summed E-state index contributed by atoms with van der Waals surface area (Å²) in [6.07, 6.45) is 3.05. The van der Waals surface area contributed by atoms with Crippen LogP contribution in [-0.4, -0.2) is 17.1 Å². The molecule has 0 atom stereocenters. The van der Waals surface area contributed by atoms with Gasteiger partial charge in [0.25, 0.3) is 0 Å². The van der Waals surface area contributed by atoms with Crippen LogP contribution in [0.5, 0.6) is 5.75 Å². The van der Waals surface area contributed by atoms with E-state index >= 15 is 0 Å². The Morgan fingerprint density at radius 3 is 2.88 bits per heavy atom. The fraction of sp³-hybridized carbons (Fsp3) is 0.0909. The van der Waals surface area contributed by atoms with Crippen LogP contribution in [0.1, 0.15) is 0 Å². The first-order valence-corrected chi connectivity index (χ1v) is 4.66. The van der Waals surface area contributed by atoms with Crippen LogP contribution in [-0.2, 0) is 0 Å². The number of nitrogens with zero attached hydrogens (tertiary/aromatic N) is 2. The first kappa shape index (κ1) is 10.4. The van der Waals surface area contributed by atoms with Gasteiger partial charge in [-0.3, -0.25) is 0 Å². The maximum Gasteiger partial charge on any atom is 0.145 e. The number of benzene rings is 1. The van der Waals surface area contributed by atoms with Gasteiger partial charge >= 0.3 is 0 Å². The van der Waals surface area contributed by atoms with Gasteiger partial charge in [-0.15, -0.1) is 0 Å². The summed E-state index contributed by atoms with van der Waals surface area (Å²) in [7, 11) is 1.49. The third kappa shape index (κ3) is 2.25. The molecule has 0 radical (unpaired) electrons. The third-order valence-corrected chi connectivity index (χ3v) is 2.01. The highest BCUT2D eigenvalue weighted by Gasteiger charge is 2.04. The number of rotatable bonds is 3. The van der Waals surface area contributed by atoms with E-state index < -0.39 is 0 Å². The number of ether oxygens (including phenoxy) is 1. The van der Waals surface area contributed by atoms with Gasteiger partial charge in [0.2, 0.25) is 0 Å². The number of anilines is 2. The van der Waals surface area contributed by atoms with E-state index in [9.17, 15) is 4.39 Å². The van der Waals surface area contributed by atoms with Gasteiger partial charge < -0.3 is 10.1 Å². The first-order valence-electron chi connectivity index (χ1n) is 4.66. The Morgan fingerprint density at radius 1 is 1.31 bits per heavy atom. The molecule has 1 N–H and O–H groups in total. The number of hydrogen-bond donors (Lipinski definition) is 1. The minimum absolute atomic E-state index is 0.343. The van der Waals surface area contributed by atoms with E-state index in [1.807, 2.05) is 0 Å². The van der Waals surface area contributed by atoms with E-state index in [0.717, 1.165) is 0 Å². The second-order valence-corrected chi connectivity index (χ2v) is 3.06. The standard InChI is InChI=1S/C11H10FN3O/c1-16-10-6-8(12)2-3-9(10)15-11-4-5-13-7-14-11/h2-7H,1H3,(H,13,14,15). The van der Waals surface area contributed by atoms with Gasteiger partial charge in [0.05, 0.1) is 12.8 Å². The molecule has 4 nitrogen and oxygen atoms in total. The molecule has 0 aliphatic heterocycles. The Balaban J connectivity index is 2.28. The van der Waals surface area contributed by atoms with Crippen molar-refractivity contribution in [1.82, 2.24) is 9.97 Å². The van der Waals surface area contributed by atoms with Crippen LogP contribution >= 0.6 is 0 Å². The fourth-order valence-corrected chi connectivity index (χ4v) is 1.27. The summed E-state index contributed by atoms with van der Waals surface area (Å²) in [4.78, 5) is 7.80. The predicted octanol–water partition coefficient (Wildman–Crippen LogP) is 2.37. The lowest BCUT2D eigenvalue weighted by molar-refractivity contribution is 0.413. The molecule has 0 fully saturated rings. The lowest BCUT2D eigenvalue weighted by Gasteiger charge is -2.09. The van der Waals surface area contributed by atoms with Crippen molar-refractivity contribution in [3.63, 3.8) is 0 Å². The van der Waals surface area contributed by atoms with E-state index in [1.165, 1.54) is 25.6 Å². The van der Waals surface area contributed by atoms with Crippen molar-refractivity contribution >= 4 is 11.5 Å². The summed E-state index contributed by atoms with van der Waals surface area (Å²) in [5.41, 5.74) is 0.655. The summed E-state index contributed by atoms with van der Waals surface area (Å²) < 4.78 is 18.0. The van der Waals surface area contributed by atoms with Crippen molar-refractivity contribution in [2.45, 2.75) is 0 Å². The molecule has 0 unspecified atom stereocenters. The fourth-order valence-electron chi connectivity index (χ4n) is 1.27. The minimum atomic E-state index is -0.343. The van der Waals surface area contributed by atoms with Gasteiger partial charge in [0.15, 0.2) is 0 Å². The average Bonchev–Trinajstić information content (AvgIpc) is 2.33. The second-order valence-electron chi connectivity index (χ2n) is 3.06. The molecule has 0 amide bonds. The van der Waals surface area contributed by atoms with Crippen LogP contribution in [0.15, 0.2) is 36.8 Å². The Bertz CT molecular complexity index is 476. The van der Waals surface area contributed by atoms with Gasteiger partial charge in [-0.05, 0) is 18.2 Å². The van der Waals surface area contributed by atoms with Crippen LogP contribution in [0.25, 0.3) is 0 Å². The van der Waals surface area contributed by atoms with E-state index in [-0.39, 0.29) is 5.82 Å². The Morgan fingerprint density at radius 2 is 2.19 bits per heavy atom. The largest absolute Gasteiger partial charge is 0.494 e. The van der Waals surface area contributed by atoms with Crippen molar-refractivity contribution in [2.75, 3.05) is 12.4 Å². The topological polar surface area (TPSA) is 47.0 Å². The van der Waals surface area contributed by atoms with Gasteiger partial charge in [-0.25, -0.2) is 14.4 Å². The normalized spacial score (nSPS) is 9.88. The minimum Gasteiger partial charge on any atom is -0.494 e. The summed E-state index contributed by atoms with van der Waals surface area (Å²) >= 11 is 0. The first-order chi connectivity index (χ1) is 7.79. The van der Waals surface area contributed by atoms with Crippen LogP contribution < -0.4 is 10.1 Å². The highest BCUT2D eigenvalue weighted by Crippen LogP contribution is 2.27. The molecular formula is C11H10FN3O. The van der Waals surface area contributed by atoms with E-state index in [2.05, 4.69) is 15.3 Å². The Kier molecular flexibility index (Phi) is 2.95. The van der Waals surface area contributed by atoms with Gasteiger partial charge in [0, 0.05) is 12.3 Å². The lowest BCUT2D eigenvalue weighted by Crippen LogP contribution is -1.97. The average molecular weight is 219 g/mol. The maximum absolute atomic E-state index is 12.9. The molecule has 0 saturated heterocycles. The molecule has 16 heavy (non-hydrogen) atoms. The quantitative estimate of drug-likeness (QED) is 0.860. The maximum atomic E-state index is 12.9. The molecule has 1 heterocycles. The molecule has 2 aromatic rings. The number of aromatic nitrogens is 2. The highest BCUT2D eigenvalue weighted by atomic mass is 19.1. The predicted molar refractivity (Wildman–Crippen MR) is 58.3 cm³/mol. The highest BCUT2D eigenvalue weighted by molar-refractivity contribution is 5.63. The summed E-state index contributed by atoms with van der Waals surface area (Å²) in [5.74, 6) is 0.712. The monoisotopic (exact) mass is 219 g/mol. The molecule has 5 heteroatoms. The lowest BCUT2D eigenvalue weighted by atomic mass is 10.3. The molecule has 0 aliphatic rings. The van der Waals surface area contributed by atoms with E-state index in [4.69, 9.17) is 4.74 Å². The molecule has 1 aromatic carbocycles. The van der Waals surface area contributed by atoms with Crippen molar-refractivity contribution in [1.29, 1.82) is 0 Å². The number of hydrogen-bond acceptors (Lipinski definition) is 4.